The highest BCUT2D eigenvalue weighted by atomic mass is 35.5. The van der Waals surface area contributed by atoms with Crippen molar-refractivity contribution in [1.29, 1.82) is 0 Å². The molecule has 0 radical (unpaired) electrons. The van der Waals surface area contributed by atoms with Gasteiger partial charge in [-0.05, 0) is 17.7 Å². The number of likely N-dealkylation sites (N-methyl/N-ethyl adjacent to an activating group) is 1. The first-order chi connectivity index (χ1) is 7.95. The van der Waals surface area contributed by atoms with Crippen LogP contribution in [0.1, 0.15) is 5.56 Å². The van der Waals surface area contributed by atoms with Gasteiger partial charge in [0.15, 0.2) is 0 Å². The lowest BCUT2D eigenvalue weighted by Gasteiger charge is -2.15. The number of carbonyl (C=O) groups excluding carboxylic acids is 2. The van der Waals surface area contributed by atoms with E-state index in [1.165, 1.54) is 25.2 Å². The van der Waals surface area contributed by atoms with Crippen molar-refractivity contribution in [1.82, 2.24) is 4.90 Å². The van der Waals surface area contributed by atoms with Crippen LogP contribution < -0.4 is 0 Å². The van der Waals surface area contributed by atoms with Gasteiger partial charge in [0.25, 0.3) is 0 Å². The van der Waals surface area contributed by atoms with Gasteiger partial charge in [0, 0.05) is 13.6 Å². The van der Waals surface area contributed by atoms with E-state index in [1.807, 2.05) is 0 Å². The van der Waals surface area contributed by atoms with Crippen LogP contribution in [-0.4, -0.2) is 30.9 Å². The lowest BCUT2D eigenvalue weighted by Crippen LogP contribution is -2.33. The van der Waals surface area contributed by atoms with E-state index in [4.69, 9.17) is 11.6 Å². The first-order valence-electron chi connectivity index (χ1n) is 4.73. The van der Waals surface area contributed by atoms with Gasteiger partial charge in [0.1, 0.15) is 5.82 Å². The lowest BCUT2D eigenvalue weighted by molar-refractivity contribution is -0.157. The third-order valence-corrected chi connectivity index (χ3v) is 2.40. The van der Waals surface area contributed by atoms with Crippen LogP contribution in [0.3, 0.4) is 0 Å². The number of esters is 1. The van der Waals surface area contributed by atoms with Crippen molar-refractivity contribution in [2.45, 2.75) is 6.54 Å². The summed E-state index contributed by atoms with van der Waals surface area (Å²) in [5, 5.41) is -0.0265. The second-order valence-electron chi connectivity index (χ2n) is 3.40. The van der Waals surface area contributed by atoms with E-state index in [1.54, 1.807) is 0 Å². The summed E-state index contributed by atoms with van der Waals surface area (Å²) in [5.74, 6) is -2.24. The van der Waals surface area contributed by atoms with Crippen LogP contribution >= 0.6 is 11.6 Å². The molecule has 1 aromatic rings. The Morgan fingerprint density at radius 1 is 1.47 bits per heavy atom. The molecule has 0 aliphatic rings. The van der Waals surface area contributed by atoms with E-state index in [0.717, 1.165) is 12.0 Å². The number of halogens is 2. The van der Waals surface area contributed by atoms with Crippen molar-refractivity contribution in [3.63, 3.8) is 0 Å². The third-order valence-electron chi connectivity index (χ3n) is 2.11. The molecular weight excluding hydrogens is 249 g/mol. The predicted octanol–water partition coefficient (Wildman–Crippen LogP) is 1.61. The molecule has 92 valence electrons. The topological polar surface area (TPSA) is 46.6 Å². The Kier molecular flexibility index (Phi) is 4.45. The quantitative estimate of drug-likeness (QED) is 0.599. The Bertz CT molecular complexity index is 450. The molecule has 0 spiro atoms. The fourth-order valence-electron chi connectivity index (χ4n) is 1.23. The average Bonchev–Trinajstić information content (AvgIpc) is 2.31. The summed E-state index contributed by atoms with van der Waals surface area (Å²) in [4.78, 5) is 23.5. The molecular formula is C11H11ClFNO3. The van der Waals surface area contributed by atoms with E-state index in [9.17, 15) is 14.0 Å². The van der Waals surface area contributed by atoms with Gasteiger partial charge in [-0.1, -0.05) is 17.7 Å². The zero-order valence-electron chi connectivity index (χ0n) is 9.37. The number of ether oxygens (including phenoxy) is 1. The molecule has 0 saturated carbocycles. The minimum Gasteiger partial charge on any atom is -0.462 e. The second kappa shape index (κ2) is 5.63. The van der Waals surface area contributed by atoms with Crippen molar-refractivity contribution in [3.05, 3.63) is 34.6 Å². The number of methoxy groups -OCH3 is 1. The molecule has 1 rings (SSSR count). The molecule has 4 nitrogen and oxygen atoms in total. The van der Waals surface area contributed by atoms with E-state index in [2.05, 4.69) is 4.74 Å². The molecule has 0 aromatic heterocycles. The summed E-state index contributed by atoms with van der Waals surface area (Å²) in [7, 11) is 2.57. The molecule has 0 atom stereocenters. The number of carbonyl (C=O) groups is 2. The number of benzene rings is 1. The predicted molar refractivity (Wildman–Crippen MR) is 59.9 cm³/mol. The van der Waals surface area contributed by atoms with Crippen LogP contribution in [0.2, 0.25) is 5.02 Å². The summed E-state index contributed by atoms with van der Waals surface area (Å²) >= 11 is 5.60. The van der Waals surface area contributed by atoms with Crippen molar-refractivity contribution < 1.29 is 18.7 Å². The Balaban J connectivity index is 2.74. The SMILES string of the molecule is COC(=O)C(=O)N(C)Cc1ccc(F)c(Cl)c1. The zero-order chi connectivity index (χ0) is 13.0. The van der Waals surface area contributed by atoms with Gasteiger partial charge in [0.2, 0.25) is 0 Å². The van der Waals surface area contributed by atoms with E-state index >= 15 is 0 Å². The Hall–Kier alpha value is -1.62. The molecule has 0 saturated heterocycles. The Morgan fingerprint density at radius 3 is 2.65 bits per heavy atom. The van der Waals surface area contributed by atoms with Crippen LogP contribution in [0, 0.1) is 5.82 Å². The van der Waals surface area contributed by atoms with Gasteiger partial charge in [0.05, 0.1) is 12.1 Å². The summed E-state index contributed by atoms with van der Waals surface area (Å²) in [6.07, 6.45) is 0. The molecule has 0 heterocycles. The summed E-state index contributed by atoms with van der Waals surface area (Å²) in [6.45, 7) is 0.147. The summed E-state index contributed by atoms with van der Waals surface area (Å²) in [5.41, 5.74) is 0.621. The highest BCUT2D eigenvalue weighted by molar-refractivity contribution is 6.32. The largest absolute Gasteiger partial charge is 0.462 e. The maximum absolute atomic E-state index is 12.9. The van der Waals surface area contributed by atoms with Crippen molar-refractivity contribution in [2.75, 3.05) is 14.2 Å². The number of nitrogens with zero attached hydrogens (tertiary/aromatic N) is 1. The molecule has 0 unspecified atom stereocenters. The molecule has 0 fully saturated rings. The first-order valence-corrected chi connectivity index (χ1v) is 5.11. The molecule has 0 N–H and O–H groups in total. The number of amides is 1. The smallest absolute Gasteiger partial charge is 0.396 e. The molecule has 1 aromatic carbocycles. The molecule has 0 aliphatic carbocycles. The summed E-state index contributed by atoms with van der Waals surface area (Å²) < 4.78 is 17.2. The standard InChI is InChI=1S/C11H11ClFNO3/c1-14(10(15)11(16)17-2)6-7-3-4-9(13)8(12)5-7/h3-5H,6H2,1-2H3. The molecule has 1 amide bonds. The fraction of sp³-hybridized carbons (Fsp3) is 0.273. The molecule has 6 heteroatoms. The molecule has 0 bridgehead atoms. The van der Waals surface area contributed by atoms with Crippen LogP contribution in [-0.2, 0) is 20.9 Å². The van der Waals surface area contributed by atoms with Gasteiger partial charge in [-0.3, -0.25) is 4.79 Å². The highest BCUT2D eigenvalue weighted by Crippen LogP contribution is 2.16. The van der Waals surface area contributed by atoms with Crippen LogP contribution in [0.4, 0.5) is 4.39 Å². The first kappa shape index (κ1) is 13.4. The van der Waals surface area contributed by atoms with Crippen molar-refractivity contribution in [3.8, 4) is 0 Å². The highest BCUT2D eigenvalue weighted by Gasteiger charge is 2.19. The van der Waals surface area contributed by atoms with Gasteiger partial charge in [-0.2, -0.15) is 0 Å². The Morgan fingerprint density at radius 2 is 2.12 bits per heavy atom. The molecule has 17 heavy (non-hydrogen) atoms. The number of rotatable bonds is 2. The molecule has 0 aliphatic heterocycles. The lowest BCUT2D eigenvalue weighted by atomic mass is 10.2. The normalized spacial score (nSPS) is 9.88. The van der Waals surface area contributed by atoms with Gasteiger partial charge in [-0.25, -0.2) is 9.18 Å². The maximum atomic E-state index is 12.9. The Labute approximate surface area is 103 Å². The summed E-state index contributed by atoms with van der Waals surface area (Å²) in [6, 6.07) is 4.09. The average molecular weight is 260 g/mol. The maximum Gasteiger partial charge on any atom is 0.396 e. The second-order valence-corrected chi connectivity index (χ2v) is 3.81. The van der Waals surface area contributed by atoms with Crippen molar-refractivity contribution in [2.24, 2.45) is 0 Å². The van der Waals surface area contributed by atoms with Crippen LogP contribution in [0.25, 0.3) is 0 Å². The monoisotopic (exact) mass is 259 g/mol. The zero-order valence-corrected chi connectivity index (χ0v) is 10.1. The minimum atomic E-state index is -0.944. The van der Waals surface area contributed by atoms with Crippen molar-refractivity contribution >= 4 is 23.5 Å². The fourth-order valence-corrected chi connectivity index (χ4v) is 1.43. The van der Waals surface area contributed by atoms with Crippen LogP contribution in [0.5, 0.6) is 0 Å². The van der Waals surface area contributed by atoms with Gasteiger partial charge in [-0.15, -0.1) is 0 Å². The van der Waals surface area contributed by atoms with Gasteiger partial charge >= 0.3 is 11.9 Å². The number of hydrogen-bond acceptors (Lipinski definition) is 3. The number of hydrogen-bond donors (Lipinski definition) is 0. The van der Waals surface area contributed by atoms with E-state index in [-0.39, 0.29) is 11.6 Å². The van der Waals surface area contributed by atoms with E-state index < -0.39 is 17.7 Å². The minimum absolute atomic E-state index is 0.0265. The third kappa shape index (κ3) is 3.42. The van der Waals surface area contributed by atoms with E-state index in [0.29, 0.717) is 5.56 Å². The van der Waals surface area contributed by atoms with Crippen LogP contribution in [0.15, 0.2) is 18.2 Å². The van der Waals surface area contributed by atoms with Gasteiger partial charge < -0.3 is 9.64 Å².